The van der Waals surface area contributed by atoms with E-state index in [1.54, 1.807) is 20.8 Å². The van der Waals surface area contributed by atoms with Crippen molar-refractivity contribution in [3.8, 4) is 0 Å². The number of amides is 1. The Hall–Kier alpha value is -2.31. The first-order valence-corrected chi connectivity index (χ1v) is 6.16. The van der Waals surface area contributed by atoms with Gasteiger partial charge in [-0.15, -0.1) is 0 Å². The summed E-state index contributed by atoms with van der Waals surface area (Å²) in [6.45, 7) is 6.52. The standard InChI is InChI=1S/C13H18N2O5/c1-5-19-13(18)10-6(2)9(7(3)15-10)12(17)20-8(4)11(14)16/h8,15H,5H2,1-4H3,(H2,14,16). The van der Waals surface area contributed by atoms with Gasteiger partial charge in [-0.05, 0) is 33.3 Å². The van der Waals surface area contributed by atoms with Crippen LogP contribution in [0.2, 0.25) is 0 Å². The third kappa shape index (κ3) is 3.17. The van der Waals surface area contributed by atoms with Crippen molar-refractivity contribution in [2.45, 2.75) is 33.8 Å². The minimum atomic E-state index is -1.04. The number of aryl methyl sites for hydroxylation is 1. The molecule has 3 N–H and O–H groups in total. The van der Waals surface area contributed by atoms with Gasteiger partial charge in [0.1, 0.15) is 5.69 Å². The first-order valence-electron chi connectivity index (χ1n) is 6.16. The van der Waals surface area contributed by atoms with Crippen molar-refractivity contribution in [3.05, 3.63) is 22.5 Å². The summed E-state index contributed by atoms with van der Waals surface area (Å²) < 4.78 is 9.81. The minimum absolute atomic E-state index is 0.197. The normalized spacial score (nSPS) is 11.8. The van der Waals surface area contributed by atoms with E-state index in [-0.39, 0.29) is 17.9 Å². The Morgan fingerprint density at radius 2 is 1.85 bits per heavy atom. The lowest BCUT2D eigenvalue weighted by atomic mass is 10.1. The number of H-pyrrole nitrogens is 1. The Morgan fingerprint density at radius 1 is 1.25 bits per heavy atom. The molecule has 0 bridgehead atoms. The van der Waals surface area contributed by atoms with E-state index in [0.29, 0.717) is 11.3 Å². The van der Waals surface area contributed by atoms with Gasteiger partial charge in [0.25, 0.3) is 5.91 Å². The lowest BCUT2D eigenvalue weighted by Gasteiger charge is -2.09. The zero-order valence-corrected chi connectivity index (χ0v) is 11.9. The van der Waals surface area contributed by atoms with Gasteiger partial charge in [-0.3, -0.25) is 4.79 Å². The summed E-state index contributed by atoms with van der Waals surface area (Å²) in [4.78, 5) is 37.4. The predicted octanol–water partition coefficient (Wildman–Crippen LogP) is 0.839. The number of primary amides is 1. The van der Waals surface area contributed by atoms with Crippen molar-refractivity contribution in [3.63, 3.8) is 0 Å². The molecule has 1 aromatic rings. The molecule has 0 aliphatic rings. The highest BCUT2D eigenvalue weighted by Gasteiger charge is 2.25. The molecule has 7 heteroatoms. The number of carbonyl (C=O) groups is 3. The molecule has 1 atom stereocenters. The first kappa shape index (κ1) is 15.7. The van der Waals surface area contributed by atoms with Crippen LogP contribution in [0.5, 0.6) is 0 Å². The molecule has 20 heavy (non-hydrogen) atoms. The fraction of sp³-hybridized carbons (Fsp3) is 0.462. The van der Waals surface area contributed by atoms with Gasteiger partial charge in [-0.1, -0.05) is 0 Å². The maximum absolute atomic E-state index is 12.0. The zero-order chi connectivity index (χ0) is 15.4. The third-order valence-electron chi connectivity index (χ3n) is 2.81. The first-order chi connectivity index (χ1) is 9.29. The van der Waals surface area contributed by atoms with Gasteiger partial charge in [0.05, 0.1) is 12.2 Å². The van der Waals surface area contributed by atoms with Crippen molar-refractivity contribution in [2.75, 3.05) is 6.61 Å². The number of hydrogen-bond acceptors (Lipinski definition) is 5. The van der Waals surface area contributed by atoms with Crippen LogP contribution in [0.1, 0.15) is 46.0 Å². The molecule has 0 aliphatic heterocycles. The predicted molar refractivity (Wildman–Crippen MR) is 70.3 cm³/mol. The van der Waals surface area contributed by atoms with E-state index >= 15 is 0 Å². The SMILES string of the molecule is CCOC(=O)c1[nH]c(C)c(C(=O)OC(C)C(N)=O)c1C. The molecule has 0 radical (unpaired) electrons. The molecular weight excluding hydrogens is 264 g/mol. The lowest BCUT2D eigenvalue weighted by Crippen LogP contribution is -2.30. The van der Waals surface area contributed by atoms with Crippen LogP contribution in [-0.4, -0.2) is 35.5 Å². The molecule has 0 fully saturated rings. The maximum Gasteiger partial charge on any atom is 0.355 e. The number of nitrogens with one attached hydrogen (secondary N) is 1. The minimum Gasteiger partial charge on any atom is -0.461 e. The lowest BCUT2D eigenvalue weighted by molar-refractivity contribution is -0.125. The number of aromatic amines is 1. The number of rotatable bonds is 5. The van der Waals surface area contributed by atoms with Crippen LogP contribution in [0.15, 0.2) is 0 Å². The highest BCUT2D eigenvalue weighted by Crippen LogP contribution is 2.20. The van der Waals surface area contributed by atoms with Crippen LogP contribution in [-0.2, 0) is 14.3 Å². The quantitative estimate of drug-likeness (QED) is 0.777. The van der Waals surface area contributed by atoms with Gasteiger partial charge >= 0.3 is 11.9 Å². The van der Waals surface area contributed by atoms with Gasteiger partial charge in [0.2, 0.25) is 0 Å². The average Bonchev–Trinajstić information content (AvgIpc) is 2.64. The summed E-state index contributed by atoms with van der Waals surface area (Å²) in [5.74, 6) is -2.00. The number of esters is 2. The van der Waals surface area contributed by atoms with Crippen molar-refractivity contribution in [1.29, 1.82) is 0 Å². The molecule has 1 rings (SSSR count). The highest BCUT2D eigenvalue weighted by atomic mass is 16.5. The molecule has 1 amide bonds. The monoisotopic (exact) mass is 282 g/mol. The van der Waals surface area contributed by atoms with Gasteiger partial charge in [0, 0.05) is 5.69 Å². The second kappa shape index (κ2) is 6.23. The maximum atomic E-state index is 12.0. The van der Waals surface area contributed by atoms with Crippen LogP contribution in [0.4, 0.5) is 0 Å². The van der Waals surface area contributed by atoms with E-state index in [9.17, 15) is 14.4 Å². The van der Waals surface area contributed by atoms with Crippen molar-refractivity contribution in [2.24, 2.45) is 5.73 Å². The molecule has 0 saturated heterocycles. The van der Waals surface area contributed by atoms with E-state index < -0.39 is 23.9 Å². The number of hydrogen-bond donors (Lipinski definition) is 2. The number of ether oxygens (including phenoxy) is 2. The van der Waals surface area contributed by atoms with Crippen LogP contribution >= 0.6 is 0 Å². The second-order valence-corrected chi connectivity index (χ2v) is 4.30. The summed E-state index contributed by atoms with van der Waals surface area (Å²) in [5, 5.41) is 0. The van der Waals surface area contributed by atoms with E-state index in [2.05, 4.69) is 4.98 Å². The highest BCUT2D eigenvalue weighted by molar-refractivity contribution is 5.99. The molecule has 0 aromatic carbocycles. The largest absolute Gasteiger partial charge is 0.461 e. The Balaban J connectivity index is 3.05. The third-order valence-corrected chi connectivity index (χ3v) is 2.81. The van der Waals surface area contributed by atoms with Crippen LogP contribution in [0, 0.1) is 13.8 Å². The number of nitrogens with two attached hydrogens (primary N) is 1. The molecule has 1 heterocycles. The molecule has 1 aromatic heterocycles. The summed E-state index contributed by atoms with van der Waals surface area (Å²) in [6.07, 6.45) is -1.04. The van der Waals surface area contributed by atoms with Gasteiger partial charge in [-0.2, -0.15) is 0 Å². The summed E-state index contributed by atoms with van der Waals surface area (Å²) >= 11 is 0. The molecular formula is C13H18N2O5. The number of aromatic nitrogens is 1. The molecule has 1 unspecified atom stereocenters. The summed E-state index contributed by atoms with van der Waals surface area (Å²) in [7, 11) is 0. The Labute approximate surface area is 116 Å². The van der Waals surface area contributed by atoms with Crippen LogP contribution < -0.4 is 5.73 Å². The topological polar surface area (TPSA) is 111 Å². The zero-order valence-electron chi connectivity index (χ0n) is 11.9. The van der Waals surface area contributed by atoms with Crippen molar-refractivity contribution >= 4 is 17.8 Å². The van der Waals surface area contributed by atoms with Crippen LogP contribution in [0.25, 0.3) is 0 Å². The smallest absolute Gasteiger partial charge is 0.355 e. The summed E-state index contributed by atoms with van der Waals surface area (Å²) in [6, 6.07) is 0. The van der Waals surface area contributed by atoms with Gasteiger partial charge < -0.3 is 20.2 Å². The Morgan fingerprint density at radius 3 is 2.35 bits per heavy atom. The van der Waals surface area contributed by atoms with E-state index in [1.807, 2.05) is 0 Å². The Bertz CT molecular complexity index is 547. The molecule has 110 valence electrons. The van der Waals surface area contributed by atoms with E-state index in [0.717, 1.165) is 0 Å². The van der Waals surface area contributed by atoms with Gasteiger partial charge in [-0.25, -0.2) is 9.59 Å². The average molecular weight is 282 g/mol. The van der Waals surface area contributed by atoms with E-state index in [1.165, 1.54) is 6.92 Å². The fourth-order valence-corrected chi connectivity index (χ4v) is 1.74. The fourth-order valence-electron chi connectivity index (χ4n) is 1.74. The van der Waals surface area contributed by atoms with Crippen molar-refractivity contribution in [1.82, 2.24) is 4.98 Å². The van der Waals surface area contributed by atoms with Crippen LogP contribution in [0.3, 0.4) is 0 Å². The Kier molecular flexibility index (Phi) is 4.90. The van der Waals surface area contributed by atoms with Gasteiger partial charge in [0.15, 0.2) is 6.10 Å². The number of carbonyl (C=O) groups excluding carboxylic acids is 3. The molecule has 0 saturated carbocycles. The molecule has 0 aliphatic carbocycles. The second-order valence-electron chi connectivity index (χ2n) is 4.30. The molecule has 7 nitrogen and oxygen atoms in total. The van der Waals surface area contributed by atoms with E-state index in [4.69, 9.17) is 15.2 Å². The molecule has 0 spiro atoms. The van der Waals surface area contributed by atoms with Crippen molar-refractivity contribution < 1.29 is 23.9 Å². The summed E-state index contributed by atoms with van der Waals surface area (Å²) in [5.41, 5.74) is 6.32.